The SMILES string of the molecule is CCOC(=O)C1=C(C)N(c2cccc(C(F)(F)F)c2)C(=O)N(C(=O)CCCCCCCCC(=O)N2C(=O)N(c3cccc(C(F)(F)F)c3)C(C)=C(C(=O)OCC)C2c2ccc(N)cc2)C1c1ccc(N)cc1. The van der Waals surface area contributed by atoms with Crippen LogP contribution in [0.4, 0.5) is 58.7 Å². The van der Waals surface area contributed by atoms with Crippen molar-refractivity contribution in [2.24, 2.45) is 0 Å². The standard InChI is InChI=1S/C52H54F6N6O8/c1-5-71-47(67)43-31(3)61(39-17-13-15-35(29-39)51(53,54)55)49(69)63(45(43)33-21-25-37(59)26-22-33)41(65)19-11-9-7-8-10-12-20-42(66)64-46(34-23-27-38(60)28-24-34)44(48(68)72-6-2)32(4)62(50(64)70)40-18-14-16-36(30-40)52(56,57)58/h13-18,21-30,45-46H,5-12,19-20,59-60H2,1-4H3. The molecule has 14 nitrogen and oxygen atoms in total. The van der Waals surface area contributed by atoms with E-state index in [1.165, 1.54) is 74.5 Å². The summed E-state index contributed by atoms with van der Waals surface area (Å²) < 4.78 is 94.0. The first-order valence-electron chi connectivity index (χ1n) is 23.2. The van der Waals surface area contributed by atoms with Gasteiger partial charge in [0.1, 0.15) is 12.1 Å². The fraction of sp³-hybridized carbons (Fsp3) is 0.346. The summed E-state index contributed by atoms with van der Waals surface area (Å²) in [7, 11) is 0. The summed E-state index contributed by atoms with van der Waals surface area (Å²) in [5, 5.41) is 0. The van der Waals surface area contributed by atoms with E-state index in [1.54, 1.807) is 13.8 Å². The van der Waals surface area contributed by atoms with Crippen molar-refractivity contribution in [1.29, 1.82) is 0 Å². The van der Waals surface area contributed by atoms with Crippen LogP contribution in [0.3, 0.4) is 0 Å². The predicted molar refractivity (Wildman–Crippen MR) is 255 cm³/mol. The van der Waals surface area contributed by atoms with E-state index < -0.39 is 71.4 Å². The molecule has 0 bridgehead atoms. The first kappa shape index (κ1) is 53.7. The maximum atomic E-state index is 14.5. The van der Waals surface area contributed by atoms with Crippen molar-refractivity contribution in [2.75, 3.05) is 34.5 Å². The molecular formula is C52H54F6N6O8. The van der Waals surface area contributed by atoms with Gasteiger partial charge in [0.2, 0.25) is 11.8 Å². The van der Waals surface area contributed by atoms with Gasteiger partial charge in [0.15, 0.2) is 0 Å². The largest absolute Gasteiger partial charge is 0.463 e. The Morgan fingerprint density at radius 3 is 1.18 bits per heavy atom. The quantitative estimate of drug-likeness (QED) is 0.0446. The highest BCUT2D eigenvalue weighted by Gasteiger charge is 2.48. The maximum absolute atomic E-state index is 14.5. The number of amides is 6. The third-order valence-electron chi connectivity index (χ3n) is 12.2. The molecule has 2 heterocycles. The van der Waals surface area contributed by atoms with Crippen LogP contribution in [0.2, 0.25) is 0 Å². The van der Waals surface area contributed by atoms with Crippen LogP contribution in [0.15, 0.2) is 120 Å². The molecule has 0 aliphatic carbocycles. The smallest absolute Gasteiger partial charge is 0.416 e. The predicted octanol–water partition coefficient (Wildman–Crippen LogP) is 11.4. The molecule has 4 aromatic carbocycles. The van der Waals surface area contributed by atoms with Gasteiger partial charge in [-0.1, -0.05) is 62.1 Å². The van der Waals surface area contributed by atoms with E-state index in [4.69, 9.17) is 20.9 Å². The molecule has 0 spiro atoms. The van der Waals surface area contributed by atoms with Crippen molar-refractivity contribution in [3.8, 4) is 0 Å². The summed E-state index contributed by atoms with van der Waals surface area (Å²) in [6.45, 7) is 5.73. The second kappa shape index (κ2) is 22.6. The fourth-order valence-electron chi connectivity index (χ4n) is 8.80. The Bertz CT molecular complexity index is 2570. The highest BCUT2D eigenvalue weighted by molar-refractivity contribution is 6.11. The van der Waals surface area contributed by atoms with E-state index in [1.807, 2.05) is 0 Å². The van der Waals surface area contributed by atoms with Crippen molar-refractivity contribution in [1.82, 2.24) is 9.80 Å². The molecule has 72 heavy (non-hydrogen) atoms. The summed E-state index contributed by atoms with van der Waals surface area (Å²) >= 11 is 0. The number of carbonyl (C=O) groups is 6. The molecule has 2 unspecified atom stereocenters. The number of nitrogens with zero attached hydrogens (tertiary/aromatic N) is 4. The van der Waals surface area contributed by atoms with Crippen molar-refractivity contribution in [3.63, 3.8) is 0 Å². The number of nitrogens with two attached hydrogens (primary N) is 2. The summed E-state index contributed by atoms with van der Waals surface area (Å²) in [6.07, 6.45) is -7.48. The molecular weight excluding hydrogens is 951 g/mol. The average Bonchev–Trinajstić information content (AvgIpc) is 3.32. The monoisotopic (exact) mass is 1000 g/mol. The van der Waals surface area contributed by atoms with Gasteiger partial charge in [0.05, 0.1) is 46.9 Å². The fourth-order valence-corrected chi connectivity index (χ4v) is 8.80. The van der Waals surface area contributed by atoms with E-state index in [2.05, 4.69) is 0 Å². The zero-order valence-electron chi connectivity index (χ0n) is 39.9. The summed E-state index contributed by atoms with van der Waals surface area (Å²) in [5.41, 5.74) is 10.3. The van der Waals surface area contributed by atoms with E-state index in [0.29, 0.717) is 48.2 Å². The van der Waals surface area contributed by atoms with E-state index in [9.17, 15) is 55.1 Å². The second-order valence-corrected chi connectivity index (χ2v) is 17.1. The zero-order valence-corrected chi connectivity index (χ0v) is 39.9. The van der Waals surface area contributed by atoms with Gasteiger partial charge >= 0.3 is 36.4 Å². The number of carbonyl (C=O) groups excluding carboxylic acids is 6. The molecule has 4 N–H and O–H groups in total. The molecule has 6 rings (SSSR count). The number of hydrogen-bond acceptors (Lipinski definition) is 10. The Kier molecular flexibility index (Phi) is 16.9. The number of halogens is 6. The number of benzene rings is 4. The Labute approximate surface area is 411 Å². The Hall–Kier alpha value is -7.64. The van der Waals surface area contributed by atoms with Crippen LogP contribution in [-0.4, -0.2) is 58.8 Å². The van der Waals surface area contributed by atoms with Crippen molar-refractivity contribution in [2.45, 2.75) is 103 Å². The van der Waals surface area contributed by atoms with Crippen molar-refractivity contribution in [3.05, 3.63) is 142 Å². The van der Waals surface area contributed by atoms with Gasteiger partial charge in [0, 0.05) is 35.6 Å². The molecule has 382 valence electrons. The molecule has 0 fully saturated rings. The lowest BCUT2D eigenvalue weighted by Crippen LogP contribution is -2.53. The van der Waals surface area contributed by atoms with Gasteiger partial charge in [-0.15, -0.1) is 0 Å². The number of allylic oxidation sites excluding steroid dienone is 2. The van der Waals surface area contributed by atoms with Crippen molar-refractivity contribution >= 4 is 58.6 Å². The van der Waals surface area contributed by atoms with Gasteiger partial charge < -0.3 is 20.9 Å². The minimum atomic E-state index is -4.77. The van der Waals surface area contributed by atoms with E-state index >= 15 is 0 Å². The topological polar surface area (TPSA) is 186 Å². The number of urea groups is 2. The van der Waals surface area contributed by atoms with Gasteiger partial charge in [-0.25, -0.2) is 19.2 Å². The number of nitrogen functional groups attached to an aromatic ring is 2. The van der Waals surface area contributed by atoms with Crippen LogP contribution in [0.5, 0.6) is 0 Å². The zero-order chi connectivity index (χ0) is 52.7. The summed E-state index contributed by atoms with van der Waals surface area (Å²) in [6, 6.07) is 15.5. The van der Waals surface area contributed by atoms with Gasteiger partial charge in [-0.05, 0) is 112 Å². The van der Waals surface area contributed by atoms with E-state index in [-0.39, 0.29) is 72.8 Å². The van der Waals surface area contributed by atoms with Crippen LogP contribution in [-0.2, 0) is 41.0 Å². The third kappa shape index (κ3) is 11.7. The highest BCUT2D eigenvalue weighted by Crippen LogP contribution is 2.44. The molecule has 0 aromatic heterocycles. The third-order valence-corrected chi connectivity index (χ3v) is 12.2. The lowest BCUT2D eigenvalue weighted by molar-refractivity contribution is -0.141. The highest BCUT2D eigenvalue weighted by atomic mass is 19.4. The van der Waals surface area contributed by atoms with Crippen LogP contribution >= 0.6 is 0 Å². The van der Waals surface area contributed by atoms with Gasteiger partial charge in [-0.3, -0.25) is 29.2 Å². The van der Waals surface area contributed by atoms with Crippen LogP contribution in [0, 0.1) is 0 Å². The van der Waals surface area contributed by atoms with Crippen LogP contribution in [0.1, 0.15) is 113 Å². The molecule has 4 aromatic rings. The van der Waals surface area contributed by atoms with Gasteiger partial charge in [-0.2, -0.15) is 26.3 Å². The number of rotatable bonds is 17. The first-order chi connectivity index (χ1) is 34.1. The Morgan fingerprint density at radius 2 is 0.861 bits per heavy atom. The number of ether oxygens (including phenoxy) is 2. The molecule has 2 aliphatic heterocycles. The number of hydrogen-bond donors (Lipinski definition) is 2. The van der Waals surface area contributed by atoms with Crippen molar-refractivity contribution < 1.29 is 64.6 Å². The first-order valence-corrected chi connectivity index (χ1v) is 23.2. The molecule has 6 amide bonds. The Balaban J connectivity index is 1.17. The Morgan fingerprint density at radius 1 is 0.528 bits per heavy atom. The van der Waals surface area contributed by atoms with E-state index in [0.717, 1.165) is 56.0 Å². The number of unbranched alkanes of at least 4 members (excludes halogenated alkanes) is 5. The molecule has 0 saturated heterocycles. The number of anilines is 4. The molecule has 0 saturated carbocycles. The molecule has 0 radical (unpaired) electrons. The maximum Gasteiger partial charge on any atom is 0.416 e. The second-order valence-electron chi connectivity index (χ2n) is 17.1. The number of esters is 2. The molecule has 2 atom stereocenters. The number of alkyl halides is 6. The molecule has 20 heteroatoms. The molecule has 2 aliphatic rings. The summed E-state index contributed by atoms with van der Waals surface area (Å²) in [4.78, 5) is 88.4. The lowest BCUT2D eigenvalue weighted by Gasteiger charge is -2.42. The number of imide groups is 2. The minimum Gasteiger partial charge on any atom is -0.463 e. The normalized spacial score (nSPS) is 16.6. The van der Waals surface area contributed by atoms with Crippen LogP contribution < -0.4 is 21.3 Å². The van der Waals surface area contributed by atoms with Crippen LogP contribution in [0.25, 0.3) is 0 Å². The lowest BCUT2D eigenvalue weighted by atomic mass is 9.92. The average molecular weight is 1010 g/mol. The minimum absolute atomic E-state index is 0.0355. The summed E-state index contributed by atoms with van der Waals surface area (Å²) in [5.74, 6) is -3.21. The van der Waals surface area contributed by atoms with Gasteiger partial charge in [0.25, 0.3) is 0 Å².